The molecule has 0 amide bonds. The number of allylic oxidation sites excluding steroid dienone is 2. The number of pyridine rings is 1. The molecular weight excluding hydrogens is 330 g/mol. The molecule has 6 rings (SSSR count). The van der Waals surface area contributed by atoms with E-state index in [0.29, 0.717) is 0 Å². The standard InChI is InChI=1S/C25H19NO/c27-25-24-21(13-14-26-25)17-9-3-5-11-19(17)22-18-10-4-1-7-15(18)16-8-2-6-12-20(16)23(22)24/h3-6,9-14H,1-2,7-8H2,(H,26,27). The Balaban J connectivity index is 2.05. The topological polar surface area (TPSA) is 32.9 Å². The Hall–Kier alpha value is -3.13. The second-order valence-electron chi connectivity index (χ2n) is 7.56. The van der Waals surface area contributed by atoms with E-state index < -0.39 is 0 Å². The summed E-state index contributed by atoms with van der Waals surface area (Å²) < 4.78 is 0. The Kier molecular flexibility index (Phi) is 3.01. The normalized spacial score (nSPS) is 15.4. The summed E-state index contributed by atoms with van der Waals surface area (Å²) >= 11 is 0. The molecule has 2 aliphatic rings. The Labute approximate surface area is 156 Å². The highest BCUT2D eigenvalue weighted by Gasteiger charge is 2.23. The molecule has 130 valence electrons. The number of aromatic nitrogens is 1. The summed E-state index contributed by atoms with van der Waals surface area (Å²) in [6.45, 7) is 0. The number of hydrogen-bond acceptors (Lipinski definition) is 1. The zero-order chi connectivity index (χ0) is 18.0. The third kappa shape index (κ3) is 1.93. The van der Waals surface area contributed by atoms with Crippen LogP contribution in [0, 0.1) is 0 Å². The minimum Gasteiger partial charge on any atom is -0.329 e. The average molecular weight is 349 g/mol. The van der Waals surface area contributed by atoms with Gasteiger partial charge in [0.25, 0.3) is 5.56 Å². The molecule has 0 saturated carbocycles. The van der Waals surface area contributed by atoms with Gasteiger partial charge in [0.05, 0.1) is 5.39 Å². The molecule has 3 aromatic carbocycles. The van der Waals surface area contributed by atoms with E-state index >= 15 is 0 Å². The van der Waals surface area contributed by atoms with E-state index in [1.807, 2.05) is 6.07 Å². The van der Waals surface area contributed by atoms with E-state index in [-0.39, 0.29) is 5.56 Å². The molecule has 2 nitrogen and oxygen atoms in total. The summed E-state index contributed by atoms with van der Waals surface area (Å²) in [5.74, 6) is 0. The zero-order valence-corrected chi connectivity index (χ0v) is 15.0. The van der Waals surface area contributed by atoms with Crippen molar-refractivity contribution in [2.24, 2.45) is 0 Å². The number of aromatic amines is 1. The molecule has 0 atom stereocenters. The van der Waals surface area contributed by atoms with E-state index in [1.54, 1.807) is 6.20 Å². The van der Waals surface area contributed by atoms with Crippen LogP contribution in [0.15, 0.2) is 53.5 Å². The van der Waals surface area contributed by atoms with Crippen molar-refractivity contribution in [1.82, 2.24) is 4.98 Å². The highest BCUT2D eigenvalue weighted by molar-refractivity contribution is 6.29. The van der Waals surface area contributed by atoms with Crippen LogP contribution in [0.1, 0.15) is 35.1 Å². The molecule has 2 aliphatic carbocycles. The van der Waals surface area contributed by atoms with E-state index in [0.717, 1.165) is 47.2 Å². The van der Waals surface area contributed by atoms with Gasteiger partial charge in [-0.15, -0.1) is 0 Å². The first-order valence-corrected chi connectivity index (χ1v) is 9.71. The third-order valence-electron chi connectivity index (χ3n) is 6.19. The van der Waals surface area contributed by atoms with Gasteiger partial charge in [-0.05, 0) is 75.5 Å². The van der Waals surface area contributed by atoms with E-state index in [9.17, 15) is 4.79 Å². The lowest BCUT2D eigenvalue weighted by atomic mass is 9.78. The molecule has 4 aromatic rings. The summed E-state index contributed by atoms with van der Waals surface area (Å²) in [5.41, 5.74) is 5.53. The molecule has 0 saturated heterocycles. The van der Waals surface area contributed by atoms with Gasteiger partial charge in [0.1, 0.15) is 0 Å². The van der Waals surface area contributed by atoms with Crippen molar-refractivity contribution < 1.29 is 0 Å². The maximum absolute atomic E-state index is 13.0. The van der Waals surface area contributed by atoms with Crippen molar-refractivity contribution in [3.63, 3.8) is 0 Å². The Morgan fingerprint density at radius 1 is 0.704 bits per heavy atom. The van der Waals surface area contributed by atoms with Crippen molar-refractivity contribution in [3.8, 4) is 0 Å². The SMILES string of the molecule is O=c1[nH]ccc2c3ccccc3c3c4c(c5c(c3c12)C=CCC5)CCC=C4. The predicted octanol–water partition coefficient (Wildman–Crippen LogP) is 5.75. The van der Waals surface area contributed by atoms with Gasteiger partial charge < -0.3 is 4.98 Å². The minimum atomic E-state index is 0.00386. The van der Waals surface area contributed by atoms with Crippen molar-refractivity contribution in [2.75, 3.05) is 0 Å². The second-order valence-corrected chi connectivity index (χ2v) is 7.56. The van der Waals surface area contributed by atoms with Crippen LogP contribution in [-0.2, 0) is 12.8 Å². The summed E-state index contributed by atoms with van der Waals surface area (Å²) in [6, 6.07) is 10.6. The van der Waals surface area contributed by atoms with Crippen LogP contribution in [0.2, 0.25) is 0 Å². The predicted molar refractivity (Wildman–Crippen MR) is 114 cm³/mol. The smallest absolute Gasteiger partial charge is 0.256 e. The Morgan fingerprint density at radius 3 is 2.07 bits per heavy atom. The Morgan fingerprint density at radius 2 is 1.33 bits per heavy atom. The second kappa shape index (κ2) is 5.43. The summed E-state index contributed by atoms with van der Waals surface area (Å²) in [6.07, 6.45) is 15.2. The van der Waals surface area contributed by atoms with Gasteiger partial charge in [-0.1, -0.05) is 48.6 Å². The third-order valence-corrected chi connectivity index (χ3v) is 6.19. The van der Waals surface area contributed by atoms with Crippen molar-refractivity contribution in [1.29, 1.82) is 0 Å². The molecule has 2 heteroatoms. The van der Waals surface area contributed by atoms with Gasteiger partial charge in [-0.2, -0.15) is 0 Å². The summed E-state index contributed by atoms with van der Waals surface area (Å²) in [4.78, 5) is 15.9. The molecule has 0 radical (unpaired) electrons. The van der Waals surface area contributed by atoms with Crippen LogP contribution < -0.4 is 5.56 Å². The lowest BCUT2D eigenvalue weighted by Crippen LogP contribution is -2.11. The van der Waals surface area contributed by atoms with Crippen LogP contribution in [0.25, 0.3) is 44.5 Å². The van der Waals surface area contributed by atoms with Gasteiger partial charge in [0.2, 0.25) is 0 Å². The first-order chi connectivity index (χ1) is 13.3. The molecule has 1 heterocycles. The average Bonchev–Trinajstić information content (AvgIpc) is 2.73. The summed E-state index contributed by atoms with van der Waals surface area (Å²) in [7, 11) is 0. The molecule has 0 unspecified atom stereocenters. The van der Waals surface area contributed by atoms with Gasteiger partial charge >= 0.3 is 0 Å². The van der Waals surface area contributed by atoms with E-state index in [1.165, 1.54) is 33.0 Å². The molecule has 1 aromatic heterocycles. The lowest BCUT2D eigenvalue weighted by molar-refractivity contribution is 0.911. The van der Waals surface area contributed by atoms with Crippen LogP contribution in [0.4, 0.5) is 0 Å². The van der Waals surface area contributed by atoms with E-state index in [4.69, 9.17) is 0 Å². The van der Waals surface area contributed by atoms with Crippen LogP contribution in [0.5, 0.6) is 0 Å². The number of nitrogens with one attached hydrogen (secondary N) is 1. The summed E-state index contributed by atoms with van der Waals surface area (Å²) in [5, 5.41) is 6.65. The molecule has 0 bridgehead atoms. The van der Waals surface area contributed by atoms with Crippen LogP contribution >= 0.6 is 0 Å². The highest BCUT2D eigenvalue weighted by Crippen LogP contribution is 2.44. The molecule has 0 spiro atoms. The quantitative estimate of drug-likeness (QED) is 0.403. The van der Waals surface area contributed by atoms with Crippen LogP contribution in [0.3, 0.4) is 0 Å². The molecular formula is C25H19NO. The van der Waals surface area contributed by atoms with Crippen molar-refractivity contribution in [3.05, 3.63) is 81.3 Å². The van der Waals surface area contributed by atoms with Crippen LogP contribution in [-0.4, -0.2) is 4.98 Å². The number of fused-ring (bicyclic) bond motifs is 11. The number of benzene rings is 3. The molecule has 0 aliphatic heterocycles. The van der Waals surface area contributed by atoms with Gasteiger partial charge in [-0.25, -0.2) is 0 Å². The first kappa shape index (κ1) is 15.0. The maximum atomic E-state index is 13.0. The monoisotopic (exact) mass is 349 g/mol. The Bertz CT molecular complexity index is 1390. The highest BCUT2D eigenvalue weighted by atomic mass is 16.1. The number of H-pyrrole nitrogens is 1. The number of hydrogen-bond donors (Lipinski definition) is 1. The number of rotatable bonds is 0. The van der Waals surface area contributed by atoms with Crippen molar-refractivity contribution in [2.45, 2.75) is 25.7 Å². The largest absolute Gasteiger partial charge is 0.329 e. The molecule has 27 heavy (non-hydrogen) atoms. The fourth-order valence-electron chi connectivity index (χ4n) is 5.12. The first-order valence-electron chi connectivity index (χ1n) is 9.71. The zero-order valence-electron chi connectivity index (χ0n) is 15.0. The fraction of sp³-hybridized carbons (Fsp3) is 0.160. The molecule has 1 N–H and O–H groups in total. The lowest BCUT2D eigenvalue weighted by Gasteiger charge is -2.25. The van der Waals surface area contributed by atoms with Gasteiger partial charge in [0, 0.05) is 11.6 Å². The molecule has 0 fully saturated rings. The fourth-order valence-corrected chi connectivity index (χ4v) is 5.12. The maximum Gasteiger partial charge on any atom is 0.256 e. The van der Waals surface area contributed by atoms with Gasteiger partial charge in [-0.3, -0.25) is 4.79 Å². The van der Waals surface area contributed by atoms with Gasteiger partial charge in [0.15, 0.2) is 0 Å². The van der Waals surface area contributed by atoms with E-state index in [2.05, 4.69) is 53.6 Å². The van der Waals surface area contributed by atoms with Crippen molar-refractivity contribution >= 4 is 44.5 Å². The minimum absolute atomic E-state index is 0.00386.